The minimum absolute atomic E-state index is 0.0261. The topological polar surface area (TPSA) is 81.1 Å². The van der Waals surface area contributed by atoms with Crippen LogP contribution in [0.4, 0.5) is 4.39 Å². The monoisotopic (exact) mass is 295 g/mol. The van der Waals surface area contributed by atoms with Gasteiger partial charge in [-0.2, -0.15) is 0 Å². The number of aliphatic hydroxyl groups is 1. The number of imidazole rings is 1. The third-order valence-corrected chi connectivity index (χ3v) is 3.72. The second-order valence-electron chi connectivity index (χ2n) is 4.16. The standard InChI is InChI=1S/C13H14FN3O2S/c14-10-3-1-9(2-4-10)8-20-13-16-5-11(7-18)17(13)6-12(15)19/h1-5,18H,6-8H2,(H2,15,19). The number of carbonyl (C=O) groups is 1. The third kappa shape index (κ3) is 3.58. The predicted molar refractivity (Wildman–Crippen MR) is 73.3 cm³/mol. The molecule has 0 radical (unpaired) electrons. The van der Waals surface area contributed by atoms with Crippen LogP contribution in [0, 0.1) is 5.82 Å². The Morgan fingerprint density at radius 2 is 2.10 bits per heavy atom. The van der Waals surface area contributed by atoms with Gasteiger partial charge in [0.15, 0.2) is 5.16 Å². The van der Waals surface area contributed by atoms with Crippen molar-refractivity contribution in [2.45, 2.75) is 24.1 Å². The maximum Gasteiger partial charge on any atom is 0.237 e. The summed E-state index contributed by atoms with van der Waals surface area (Å²) in [4.78, 5) is 15.2. The Labute approximate surface area is 119 Å². The number of nitrogens with two attached hydrogens (primary N) is 1. The number of nitrogens with zero attached hydrogens (tertiary/aromatic N) is 2. The van der Waals surface area contributed by atoms with E-state index in [-0.39, 0.29) is 19.0 Å². The molecule has 0 atom stereocenters. The first-order valence-corrected chi connectivity index (χ1v) is 6.89. The van der Waals surface area contributed by atoms with Crippen LogP contribution in [-0.2, 0) is 23.7 Å². The fraction of sp³-hybridized carbons (Fsp3) is 0.231. The van der Waals surface area contributed by atoms with E-state index >= 15 is 0 Å². The van der Waals surface area contributed by atoms with E-state index in [0.29, 0.717) is 16.6 Å². The number of halogens is 1. The number of carbonyl (C=O) groups excluding carboxylic acids is 1. The van der Waals surface area contributed by atoms with Crippen LogP contribution in [0.2, 0.25) is 0 Å². The number of aliphatic hydroxyl groups excluding tert-OH is 1. The Balaban J connectivity index is 2.10. The first kappa shape index (κ1) is 14.5. The second kappa shape index (κ2) is 6.53. The third-order valence-electron chi connectivity index (χ3n) is 2.66. The molecule has 0 saturated heterocycles. The molecular weight excluding hydrogens is 281 g/mol. The molecule has 0 spiro atoms. The van der Waals surface area contributed by atoms with Crippen LogP contribution < -0.4 is 5.73 Å². The van der Waals surface area contributed by atoms with Crippen molar-refractivity contribution in [2.75, 3.05) is 0 Å². The van der Waals surface area contributed by atoms with Crippen molar-refractivity contribution in [3.05, 3.63) is 47.5 Å². The minimum Gasteiger partial charge on any atom is -0.390 e. The van der Waals surface area contributed by atoms with Crippen molar-refractivity contribution in [3.8, 4) is 0 Å². The zero-order valence-corrected chi connectivity index (χ0v) is 11.4. The fourth-order valence-corrected chi connectivity index (χ4v) is 2.64. The van der Waals surface area contributed by atoms with Crippen molar-refractivity contribution < 1.29 is 14.3 Å². The number of aromatic nitrogens is 2. The first-order chi connectivity index (χ1) is 9.60. The Kier molecular flexibility index (Phi) is 4.75. The number of benzene rings is 1. The van der Waals surface area contributed by atoms with Crippen molar-refractivity contribution in [1.29, 1.82) is 0 Å². The molecule has 1 amide bonds. The van der Waals surface area contributed by atoms with E-state index < -0.39 is 5.91 Å². The van der Waals surface area contributed by atoms with Crippen molar-refractivity contribution in [3.63, 3.8) is 0 Å². The van der Waals surface area contributed by atoms with Crippen molar-refractivity contribution >= 4 is 17.7 Å². The molecule has 0 aliphatic carbocycles. The predicted octanol–water partition coefficient (Wildman–Crippen LogP) is 1.29. The Hall–Kier alpha value is -1.86. The van der Waals surface area contributed by atoms with Gasteiger partial charge in [0.2, 0.25) is 5.91 Å². The summed E-state index contributed by atoms with van der Waals surface area (Å²) in [6.45, 7) is -0.237. The van der Waals surface area contributed by atoms with Gasteiger partial charge in [-0.15, -0.1) is 0 Å². The number of primary amides is 1. The van der Waals surface area contributed by atoms with E-state index in [0.717, 1.165) is 5.56 Å². The Bertz CT molecular complexity index is 598. The van der Waals surface area contributed by atoms with E-state index in [1.165, 1.54) is 30.1 Å². The van der Waals surface area contributed by atoms with Crippen LogP contribution in [0.3, 0.4) is 0 Å². The molecule has 0 bridgehead atoms. The van der Waals surface area contributed by atoms with Gasteiger partial charge in [0, 0.05) is 5.75 Å². The molecule has 1 aromatic carbocycles. The highest BCUT2D eigenvalue weighted by atomic mass is 32.2. The smallest absolute Gasteiger partial charge is 0.237 e. The molecular formula is C13H14FN3O2S. The lowest BCUT2D eigenvalue weighted by Gasteiger charge is -2.08. The second-order valence-corrected chi connectivity index (χ2v) is 5.10. The van der Waals surface area contributed by atoms with Crippen LogP contribution in [0.15, 0.2) is 35.6 Å². The summed E-state index contributed by atoms with van der Waals surface area (Å²) in [5, 5.41) is 9.79. The maximum absolute atomic E-state index is 12.8. The van der Waals surface area contributed by atoms with E-state index in [9.17, 15) is 14.3 Å². The van der Waals surface area contributed by atoms with Gasteiger partial charge in [-0.1, -0.05) is 23.9 Å². The molecule has 3 N–H and O–H groups in total. The van der Waals surface area contributed by atoms with Crippen LogP contribution >= 0.6 is 11.8 Å². The molecule has 1 aromatic heterocycles. The molecule has 0 saturated carbocycles. The molecule has 106 valence electrons. The van der Waals surface area contributed by atoms with Gasteiger partial charge in [0.25, 0.3) is 0 Å². The lowest BCUT2D eigenvalue weighted by molar-refractivity contribution is -0.118. The number of hydrogen-bond donors (Lipinski definition) is 2. The molecule has 2 rings (SSSR count). The van der Waals surface area contributed by atoms with Crippen LogP contribution in [-0.4, -0.2) is 20.6 Å². The zero-order chi connectivity index (χ0) is 14.5. The average Bonchev–Trinajstić information content (AvgIpc) is 2.79. The van der Waals surface area contributed by atoms with E-state index in [1.54, 1.807) is 16.7 Å². The molecule has 2 aromatic rings. The molecule has 0 aliphatic heterocycles. The summed E-state index contributed by atoms with van der Waals surface area (Å²) in [6.07, 6.45) is 1.51. The highest BCUT2D eigenvalue weighted by Gasteiger charge is 2.12. The van der Waals surface area contributed by atoms with Gasteiger partial charge in [-0.05, 0) is 17.7 Å². The average molecular weight is 295 g/mol. The fourth-order valence-electron chi connectivity index (χ4n) is 1.69. The van der Waals surface area contributed by atoms with Gasteiger partial charge < -0.3 is 15.4 Å². The Morgan fingerprint density at radius 3 is 2.70 bits per heavy atom. The van der Waals surface area contributed by atoms with Gasteiger partial charge in [-0.3, -0.25) is 4.79 Å². The van der Waals surface area contributed by atoms with Crippen LogP contribution in [0.25, 0.3) is 0 Å². The lowest BCUT2D eigenvalue weighted by Crippen LogP contribution is -2.20. The minimum atomic E-state index is -0.499. The highest BCUT2D eigenvalue weighted by molar-refractivity contribution is 7.98. The first-order valence-electron chi connectivity index (χ1n) is 5.91. The SMILES string of the molecule is NC(=O)Cn1c(CO)cnc1SCc1ccc(F)cc1. The molecule has 5 nitrogen and oxygen atoms in total. The molecule has 20 heavy (non-hydrogen) atoms. The van der Waals surface area contributed by atoms with Crippen molar-refractivity contribution in [1.82, 2.24) is 9.55 Å². The van der Waals surface area contributed by atoms with Crippen molar-refractivity contribution in [2.24, 2.45) is 5.73 Å². The van der Waals surface area contributed by atoms with Gasteiger partial charge in [0.1, 0.15) is 12.4 Å². The summed E-state index contributed by atoms with van der Waals surface area (Å²) in [7, 11) is 0. The zero-order valence-electron chi connectivity index (χ0n) is 10.6. The van der Waals surface area contributed by atoms with E-state index in [4.69, 9.17) is 5.73 Å². The van der Waals surface area contributed by atoms with E-state index in [1.807, 2.05) is 0 Å². The quantitative estimate of drug-likeness (QED) is 0.787. The largest absolute Gasteiger partial charge is 0.390 e. The number of rotatable bonds is 6. The molecule has 7 heteroatoms. The highest BCUT2D eigenvalue weighted by Crippen LogP contribution is 2.23. The summed E-state index contributed by atoms with van der Waals surface area (Å²) in [6, 6.07) is 6.17. The summed E-state index contributed by atoms with van der Waals surface area (Å²) in [5.74, 6) is -0.195. The summed E-state index contributed by atoms with van der Waals surface area (Å²) in [5.41, 5.74) is 6.65. The molecule has 0 unspecified atom stereocenters. The number of amides is 1. The van der Waals surface area contributed by atoms with Gasteiger partial charge in [-0.25, -0.2) is 9.37 Å². The number of thioether (sulfide) groups is 1. The maximum atomic E-state index is 12.8. The molecule has 1 heterocycles. The van der Waals surface area contributed by atoms with Gasteiger partial charge >= 0.3 is 0 Å². The van der Waals surface area contributed by atoms with Crippen LogP contribution in [0.5, 0.6) is 0 Å². The lowest BCUT2D eigenvalue weighted by atomic mass is 10.2. The summed E-state index contributed by atoms with van der Waals surface area (Å²) >= 11 is 1.39. The Morgan fingerprint density at radius 1 is 1.40 bits per heavy atom. The number of hydrogen-bond acceptors (Lipinski definition) is 4. The van der Waals surface area contributed by atoms with Crippen LogP contribution in [0.1, 0.15) is 11.3 Å². The molecule has 0 fully saturated rings. The van der Waals surface area contributed by atoms with E-state index in [2.05, 4.69) is 4.98 Å². The van der Waals surface area contributed by atoms with Gasteiger partial charge in [0.05, 0.1) is 18.5 Å². The molecule has 0 aliphatic rings. The normalized spacial score (nSPS) is 10.7. The summed E-state index contributed by atoms with van der Waals surface area (Å²) < 4.78 is 14.4.